The number of anilines is 1. The molecule has 0 heterocycles. The van der Waals surface area contributed by atoms with Gasteiger partial charge in [-0.05, 0) is 59.3 Å². The maximum atomic E-state index is 12.4. The molecular formula is C15H12BrClINO2. The van der Waals surface area contributed by atoms with Crippen LogP contribution < -0.4 is 10.1 Å². The number of hydrogen-bond acceptors (Lipinski definition) is 2. The van der Waals surface area contributed by atoms with Crippen LogP contribution in [0.2, 0.25) is 5.02 Å². The largest absolute Gasteiger partial charge is 0.495 e. The predicted molar refractivity (Wildman–Crippen MR) is 97.6 cm³/mol. The van der Waals surface area contributed by atoms with Crippen LogP contribution in [0.1, 0.15) is 15.9 Å². The molecule has 3 nitrogen and oxygen atoms in total. The van der Waals surface area contributed by atoms with Crippen molar-refractivity contribution in [3.8, 4) is 5.75 Å². The number of rotatable bonds is 3. The van der Waals surface area contributed by atoms with Crippen LogP contribution in [0.25, 0.3) is 0 Å². The summed E-state index contributed by atoms with van der Waals surface area (Å²) < 4.78 is 6.99. The third-order valence-corrected chi connectivity index (χ3v) is 4.74. The van der Waals surface area contributed by atoms with Gasteiger partial charge in [-0.2, -0.15) is 0 Å². The van der Waals surface area contributed by atoms with Crippen molar-refractivity contribution in [2.24, 2.45) is 0 Å². The topological polar surface area (TPSA) is 38.3 Å². The first-order valence-corrected chi connectivity index (χ1v) is 8.28. The van der Waals surface area contributed by atoms with Crippen molar-refractivity contribution in [2.45, 2.75) is 6.92 Å². The number of amides is 1. The fourth-order valence-corrected chi connectivity index (χ4v) is 2.89. The third-order valence-electron chi connectivity index (χ3n) is 2.90. The highest BCUT2D eigenvalue weighted by molar-refractivity contribution is 14.1. The van der Waals surface area contributed by atoms with E-state index in [0.717, 1.165) is 13.6 Å². The van der Waals surface area contributed by atoms with Crippen LogP contribution in [-0.4, -0.2) is 13.0 Å². The van der Waals surface area contributed by atoms with Gasteiger partial charge in [0.1, 0.15) is 5.75 Å². The lowest BCUT2D eigenvalue weighted by Crippen LogP contribution is -2.14. The Morgan fingerprint density at radius 2 is 2.05 bits per heavy atom. The lowest BCUT2D eigenvalue weighted by atomic mass is 10.1. The van der Waals surface area contributed by atoms with Crippen molar-refractivity contribution in [1.82, 2.24) is 0 Å². The molecule has 21 heavy (non-hydrogen) atoms. The smallest absolute Gasteiger partial charge is 0.256 e. The number of carbonyl (C=O) groups excluding carboxylic acids is 1. The highest BCUT2D eigenvalue weighted by atomic mass is 127. The van der Waals surface area contributed by atoms with Crippen LogP contribution in [0.4, 0.5) is 5.69 Å². The van der Waals surface area contributed by atoms with Crippen LogP contribution in [0, 0.1) is 10.5 Å². The summed E-state index contributed by atoms with van der Waals surface area (Å²) >= 11 is 11.6. The highest BCUT2D eigenvalue weighted by Gasteiger charge is 2.14. The first kappa shape index (κ1) is 16.6. The monoisotopic (exact) mass is 479 g/mol. The Balaban J connectivity index is 2.35. The van der Waals surface area contributed by atoms with Gasteiger partial charge in [0.15, 0.2) is 0 Å². The average molecular weight is 481 g/mol. The van der Waals surface area contributed by atoms with Crippen molar-refractivity contribution < 1.29 is 9.53 Å². The van der Waals surface area contributed by atoms with Gasteiger partial charge in [0.25, 0.3) is 5.91 Å². The summed E-state index contributed by atoms with van der Waals surface area (Å²) in [5.74, 6) is 0.338. The minimum Gasteiger partial charge on any atom is -0.495 e. The van der Waals surface area contributed by atoms with E-state index in [0.29, 0.717) is 22.0 Å². The van der Waals surface area contributed by atoms with Crippen LogP contribution >= 0.6 is 50.1 Å². The summed E-state index contributed by atoms with van der Waals surface area (Å²) in [6, 6.07) is 9.05. The highest BCUT2D eigenvalue weighted by Crippen LogP contribution is 2.31. The predicted octanol–water partition coefficient (Wildman–Crippen LogP) is 5.28. The molecule has 0 atom stereocenters. The second-order valence-electron chi connectivity index (χ2n) is 4.38. The summed E-state index contributed by atoms with van der Waals surface area (Å²) in [5.41, 5.74) is 2.07. The Bertz CT molecular complexity index is 706. The van der Waals surface area contributed by atoms with Gasteiger partial charge in [0.05, 0.1) is 18.4 Å². The fourth-order valence-electron chi connectivity index (χ4n) is 1.79. The first-order valence-electron chi connectivity index (χ1n) is 6.03. The van der Waals surface area contributed by atoms with Crippen LogP contribution in [-0.2, 0) is 0 Å². The van der Waals surface area contributed by atoms with E-state index < -0.39 is 0 Å². The molecule has 0 aromatic heterocycles. The van der Waals surface area contributed by atoms with Crippen molar-refractivity contribution in [1.29, 1.82) is 0 Å². The van der Waals surface area contributed by atoms with Crippen molar-refractivity contribution in [2.75, 3.05) is 12.4 Å². The van der Waals surface area contributed by atoms with Crippen LogP contribution in [0.5, 0.6) is 5.75 Å². The number of halogens is 3. The number of carbonyl (C=O) groups is 1. The second-order valence-corrected chi connectivity index (χ2v) is 6.87. The zero-order valence-electron chi connectivity index (χ0n) is 11.3. The minimum atomic E-state index is -0.194. The molecule has 0 aliphatic carbocycles. The number of hydrogen-bond donors (Lipinski definition) is 1. The quantitative estimate of drug-likeness (QED) is 0.608. The summed E-state index contributed by atoms with van der Waals surface area (Å²) in [6.07, 6.45) is 0. The van der Waals surface area contributed by atoms with Gasteiger partial charge < -0.3 is 10.1 Å². The second kappa shape index (κ2) is 6.98. The van der Waals surface area contributed by atoms with E-state index >= 15 is 0 Å². The van der Waals surface area contributed by atoms with Crippen LogP contribution in [0.3, 0.4) is 0 Å². The number of benzene rings is 2. The van der Waals surface area contributed by atoms with E-state index in [2.05, 4.69) is 43.8 Å². The zero-order chi connectivity index (χ0) is 15.6. The molecule has 0 bridgehead atoms. The number of aryl methyl sites for hydroxylation is 1. The molecule has 6 heteroatoms. The fraction of sp³-hybridized carbons (Fsp3) is 0.133. The van der Waals surface area contributed by atoms with Gasteiger partial charge in [-0.3, -0.25) is 4.79 Å². The van der Waals surface area contributed by atoms with Gasteiger partial charge in [0, 0.05) is 19.1 Å². The standard InChI is InChI=1S/C15H12BrClINO2/c1-8-5-13(14(21-2)7-11(8)17)19-15(20)10-6-9(16)3-4-12(10)18/h3-7H,1-2H3,(H,19,20). The lowest BCUT2D eigenvalue weighted by Gasteiger charge is -2.13. The van der Waals surface area contributed by atoms with Gasteiger partial charge in [0.2, 0.25) is 0 Å². The van der Waals surface area contributed by atoms with E-state index in [1.807, 2.05) is 19.1 Å². The summed E-state index contributed by atoms with van der Waals surface area (Å²) in [4.78, 5) is 12.4. The molecule has 2 aromatic carbocycles. The Labute approximate surface area is 150 Å². The molecule has 1 amide bonds. The molecule has 0 radical (unpaired) electrons. The lowest BCUT2D eigenvalue weighted by molar-refractivity contribution is 0.102. The summed E-state index contributed by atoms with van der Waals surface area (Å²) in [5, 5.41) is 3.46. The Hall–Kier alpha value is -0.790. The molecule has 110 valence electrons. The Kier molecular flexibility index (Phi) is 5.51. The first-order chi connectivity index (χ1) is 9.92. The molecule has 0 aliphatic rings. The number of nitrogens with one attached hydrogen (secondary N) is 1. The summed E-state index contributed by atoms with van der Waals surface area (Å²) in [7, 11) is 1.54. The molecule has 0 fully saturated rings. The number of methoxy groups -OCH3 is 1. The van der Waals surface area contributed by atoms with Gasteiger partial charge in [-0.15, -0.1) is 0 Å². The molecular weight excluding hydrogens is 468 g/mol. The van der Waals surface area contributed by atoms with Crippen molar-refractivity contribution in [3.05, 3.63) is 54.5 Å². The zero-order valence-corrected chi connectivity index (χ0v) is 15.8. The van der Waals surface area contributed by atoms with E-state index in [1.165, 1.54) is 0 Å². The third kappa shape index (κ3) is 3.90. The molecule has 0 unspecified atom stereocenters. The maximum absolute atomic E-state index is 12.4. The van der Waals surface area contributed by atoms with E-state index in [1.54, 1.807) is 25.3 Å². The van der Waals surface area contributed by atoms with Gasteiger partial charge in [-0.1, -0.05) is 27.5 Å². The molecule has 1 N–H and O–H groups in total. The van der Waals surface area contributed by atoms with Crippen molar-refractivity contribution >= 4 is 61.7 Å². The van der Waals surface area contributed by atoms with Crippen molar-refractivity contribution in [3.63, 3.8) is 0 Å². The molecule has 0 saturated carbocycles. The van der Waals surface area contributed by atoms with E-state index in [4.69, 9.17) is 16.3 Å². The normalized spacial score (nSPS) is 10.3. The van der Waals surface area contributed by atoms with Crippen LogP contribution in [0.15, 0.2) is 34.8 Å². The maximum Gasteiger partial charge on any atom is 0.256 e. The number of ether oxygens (including phenoxy) is 1. The molecule has 0 aliphatic heterocycles. The Morgan fingerprint density at radius 1 is 1.33 bits per heavy atom. The molecule has 2 aromatic rings. The van der Waals surface area contributed by atoms with Gasteiger partial charge in [-0.25, -0.2) is 0 Å². The van der Waals surface area contributed by atoms with E-state index in [9.17, 15) is 4.79 Å². The minimum absolute atomic E-state index is 0.194. The average Bonchev–Trinajstić information content (AvgIpc) is 2.45. The summed E-state index contributed by atoms with van der Waals surface area (Å²) in [6.45, 7) is 1.88. The molecule has 0 spiro atoms. The van der Waals surface area contributed by atoms with E-state index in [-0.39, 0.29) is 5.91 Å². The Morgan fingerprint density at radius 3 is 2.71 bits per heavy atom. The molecule has 2 rings (SSSR count). The SMILES string of the molecule is COc1cc(Cl)c(C)cc1NC(=O)c1cc(Br)ccc1I. The van der Waals surface area contributed by atoms with Gasteiger partial charge >= 0.3 is 0 Å². The molecule has 0 saturated heterocycles.